The summed E-state index contributed by atoms with van der Waals surface area (Å²) < 4.78 is 34.5. The van der Waals surface area contributed by atoms with Crippen LogP contribution in [0.5, 0.6) is 0 Å². The molecule has 0 radical (unpaired) electrons. The standard InChI is InChI=1S/C29H44F2O/c1-3-7-22-9-11-23(12-10-22)13-14-24-15-17-25(18-16-24)27-20-19-26(28(30)29(27)31)8-5-4-6-21-32-2/h13-14,19-20,22-25H,3-12,15-18,21H2,1-2H3. The predicted molar refractivity (Wildman–Crippen MR) is 130 cm³/mol. The fourth-order valence-corrected chi connectivity index (χ4v) is 5.87. The van der Waals surface area contributed by atoms with E-state index >= 15 is 0 Å². The number of halogens is 2. The molecule has 2 aliphatic carbocycles. The maximum absolute atomic E-state index is 14.8. The average Bonchev–Trinajstić information content (AvgIpc) is 2.82. The van der Waals surface area contributed by atoms with Crippen LogP contribution >= 0.6 is 0 Å². The molecule has 0 N–H and O–H groups in total. The number of unbranched alkanes of at least 4 members (excludes halogenated alkanes) is 2. The van der Waals surface area contributed by atoms with Crippen LogP contribution in [-0.4, -0.2) is 13.7 Å². The molecule has 3 rings (SSSR count). The topological polar surface area (TPSA) is 9.23 Å². The molecule has 2 saturated carbocycles. The Balaban J connectivity index is 1.45. The van der Waals surface area contributed by atoms with Gasteiger partial charge >= 0.3 is 0 Å². The highest BCUT2D eigenvalue weighted by atomic mass is 19.2. The number of hydrogen-bond acceptors (Lipinski definition) is 1. The number of allylic oxidation sites excluding steroid dienone is 2. The molecular formula is C29H44F2O. The lowest BCUT2D eigenvalue weighted by atomic mass is 9.76. The smallest absolute Gasteiger partial charge is 0.162 e. The van der Waals surface area contributed by atoms with Crippen molar-refractivity contribution in [1.29, 1.82) is 0 Å². The Morgan fingerprint density at radius 1 is 0.844 bits per heavy atom. The SMILES string of the molecule is CCCC1CCC(C=CC2CCC(c3ccc(CCCCCOC)c(F)c3F)CC2)CC1. The Kier molecular flexibility index (Phi) is 10.7. The quantitative estimate of drug-likeness (QED) is 0.244. The van der Waals surface area contributed by atoms with Crippen molar-refractivity contribution >= 4 is 0 Å². The summed E-state index contributed by atoms with van der Waals surface area (Å²) in [5.74, 6) is 1.28. The summed E-state index contributed by atoms with van der Waals surface area (Å²) in [4.78, 5) is 0. The van der Waals surface area contributed by atoms with Crippen molar-refractivity contribution in [3.63, 3.8) is 0 Å². The van der Waals surface area contributed by atoms with Gasteiger partial charge in [-0.1, -0.05) is 50.5 Å². The summed E-state index contributed by atoms with van der Waals surface area (Å²) in [6, 6.07) is 3.68. The molecule has 0 aliphatic heterocycles. The second kappa shape index (κ2) is 13.5. The van der Waals surface area contributed by atoms with Crippen molar-refractivity contribution in [2.45, 2.75) is 103 Å². The Morgan fingerprint density at radius 2 is 1.50 bits per heavy atom. The Labute approximate surface area is 195 Å². The molecule has 1 aromatic carbocycles. The van der Waals surface area contributed by atoms with E-state index in [1.807, 2.05) is 12.1 Å². The lowest BCUT2D eigenvalue weighted by molar-refractivity contribution is 0.192. The molecule has 3 heteroatoms. The maximum Gasteiger partial charge on any atom is 0.162 e. The Bertz CT molecular complexity index is 697. The largest absolute Gasteiger partial charge is 0.385 e. The van der Waals surface area contributed by atoms with Crippen molar-refractivity contribution < 1.29 is 13.5 Å². The van der Waals surface area contributed by atoms with E-state index in [4.69, 9.17) is 4.74 Å². The molecule has 0 bridgehead atoms. The molecule has 180 valence electrons. The number of rotatable bonds is 11. The zero-order chi connectivity index (χ0) is 22.8. The van der Waals surface area contributed by atoms with E-state index in [1.165, 1.54) is 38.5 Å². The van der Waals surface area contributed by atoms with Gasteiger partial charge in [0.2, 0.25) is 0 Å². The summed E-state index contributed by atoms with van der Waals surface area (Å²) in [6.07, 6.45) is 20.7. The van der Waals surface area contributed by atoms with Crippen LogP contribution in [0, 0.1) is 29.4 Å². The maximum atomic E-state index is 14.8. The molecule has 0 atom stereocenters. The molecule has 1 nitrogen and oxygen atoms in total. The van der Waals surface area contributed by atoms with Gasteiger partial charge in [0.15, 0.2) is 11.6 Å². The van der Waals surface area contributed by atoms with Crippen molar-refractivity contribution in [2.75, 3.05) is 13.7 Å². The molecule has 2 aliphatic rings. The van der Waals surface area contributed by atoms with Crippen molar-refractivity contribution in [1.82, 2.24) is 0 Å². The summed E-state index contributed by atoms with van der Waals surface area (Å²) in [5, 5.41) is 0. The van der Waals surface area contributed by atoms with Gasteiger partial charge < -0.3 is 4.74 Å². The van der Waals surface area contributed by atoms with E-state index in [0.717, 1.165) is 63.4 Å². The number of ether oxygens (including phenoxy) is 1. The summed E-state index contributed by atoms with van der Waals surface area (Å²) >= 11 is 0. The van der Waals surface area contributed by atoms with E-state index in [0.29, 0.717) is 23.5 Å². The number of aryl methyl sites for hydroxylation is 1. The van der Waals surface area contributed by atoms with Gasteiger partial charge in [-0.15, -0.1) is 0 Å². The van der Waals surface area contributed by atoms with Gasteiger partial charge in [0.25, 0.3) is 0 Å². The van der Waals surface area contributed by atoms with Crippen molar-refractivity contribution in [2.24, 2.45) is 17.8 Å². The summed E-state index contributed by atoms with van der Waals surface area (Å²) in [6.45, 7) is 3.02. The first-order valence-electron chi connectivity index (χ1n) is 13.3. The van der Waals surface area contributed by atoms with E-state index in [-0.39, 0.29) is 5.92 Å². The van der Waals surface area contributed by atoms with Crippen LogP contribution in [0.4, 0.5) is 8.78 Å². The highest BCUT2D eigenvalue weighted by Gasteiger charge is 2.26. The Morgan fingerprint density at radius 3 is 2.12 bits per heavy atom. The third-order valence-corrected chi connectivity index (χ3v) is 7.94. The third-order valence-electron chi connectivity index (χ3n) is 7.94. The predicted octanol–water partition coefficient (Wildman–Crippen LogP) is 8.76. The molecule has 1 aromatic rings. The van der Waals surface area contributed by atoms with Crippen molar-refractivity contribution in [3.8, 4) is 0 Å². The van der Waals surface area contributed by atoms with Crippen LogP contribution in [0.3, 0.4) is 0 Å². The van der Waals surface area contributed by atoms with E-state index in [1.54, 1.807) is 7.11 Å². The van der Waals surface area contributed by atoms with Gasteiger partial charge in [-0.2, -0.15) is 0 Å². The van der Waals surface area contributed by atoms with Crippen LogP contribution in [0.2, 0.25) is 0 Å². The molecule has 2 fully saturated rings. The minimum absolute atomic E-state index is 0.161. The molecule has 32 heavy (non-hydrogen) atoms. The van der Waals surface area contributed by atoms with E-state index in [9.17, 15) is 8.78 Å². The third kappa shape index (κ3) is 7.40. The van der Waals surface area contributed by atoms with Crippen molar-refractivity contribution in [3.05, 3.63) is 47.0 Å². The number of benzene rings is 1. The fourth-order valence-electron chi connectivity index (χ4n) is 5.87. The van der Waals surface area contributed by atoms with Crippen LogP contribution < -0.4 is 0 Å². The highest BCUT2D eigenvalue weighted by molar-refractivity contribution is 5.29. The Hall–Kier alpha value is -1.22. The molecule has 0 aromatic heterocycles. The minimum Gasteiger partial charge on any atom is -0.385 e. The van der Waals surface area contributed by atoms with Gasteiger partial charge in [0, 0.05) is 13.7 Å². The van der Waals surface area contributed by atoms with E-state index < -0.39 is 11.6 Å². The number of hydrogen-bond donors (Lipinski definition) is 0. The van der Waals surface area contributed by atoms with Crippen LogP contribution in [0.15, 0.2) is 24.3 Å². The molecule has 0 heterocycles. The minimum atomic E-state index is -0.616. The fraction of sp³-hybridized carbons (Fsp3) is 0.724. The summed E-state index contributed by atoms with van der Waals surface area (Å²) in [7, 11) is 1.69. The van der Waals surface area contributed by atoms with Gasteiger partial charge in [-0.25, -0.2) is 8.78 Å². The molecular weight excluding hydrogens is 402 g/mol. The van der Waals surface area contributed by atoms with Crippen LogP contribution in [0.1, 0.15) is 107 Å². The van der Waals surface area contributed by atoms with E-state index in [2.05, 4.69) is 19.1 Å². The zero-order valence-corrected chi connectivity index (χ0v) is 20.4. The van der Waals surface area contributed by atoms with Gasteiger partial charge in [-0.05, 0) is 105 Å². The second-order valence-corrected chi connectivity index (χ2v) is 10.3. The van der Waals surface area contributed by atoms with Gasteiger partial charge in [0.05, 0.1) is 0 Å². The van der Waals surface area contributed by atoms with Gasteiger partial charge in [0.1, 0.15) is 0 Å². The lowest BCUT2D eigenvalue weighted by Crippen LogP contribution is -2.15. The first kappa shape index (κ1) is 25.4. The van der Waals surface area contributed by atoms with Crippen LogP contribution in [0.25, 0.3) is 0 Å². The first-order chi connectivity index (χ1) is 15.6. The average molecular weight is 447 g/mol. The lowest BCUT2D eigenvalue weighted by Gasteiger charge is -2.29. The zero-order valence-electron chi connectivity index (χ0n) is 20.4. The monoisotopic (exact) mass is 446 g/mol. The van der Waals surface area contributed by atoms with Crippen LogP contribution in [-0.2, 0) is 11.2 Å². The molecule has 0 amide bonds. The normalized spacial score (nSPS) is 26.6. The summed E-state index contributed by atoms with van der Waals surface area (Å²) in [5.41, 5.74) is 1.12. The van der Waals surface area contributed by atoms with Gasteiger partial charge in [-0.3, -0.25) is 0 Å². The second-order valence-electron chi connectivity index (χ2n) is 10.3. The first-order valence-corrected chi connectivity index (χ1v) is 13.3. The molecule has 0 spiro atoms. The molecule has 0 saturated heterocycles. The number of methoxy groups -OCH3 is 1. The highest BCUT2D eigenvalue weighted by Crippen LogP contribution is 2.39. The molecule has 0 unspecified atom stereocenters.